The lowest BCUT2D eigenvalue weighted by Crippen LogP contribution is -2.54. The average molecular weight is 357 g/mol. The van der Waals surface area contributed by atoms with Gasteiger partial charge in [-0.2, -0.15) is 0 Å². The Morgan fingerprint density at radius 1 is 1.23 bits per heavy atom. The number of ketones is 1. The summed E-state index contributed by atoms with van der Waals surface area (Å²) < 4.78 is 6.62. The minimum absolute atomic E-state index is 0.154. The van der Waals surface area contributed by atoms with Gasteiger partial charge in [-0.3, -0.25) is 4.79 Å². The normalized spacial score (nSPS) is 44.7. The van der Waals surface area contributed by atoms with Gasteiger partial charge in [0.2, 0.25) is 0 Å². The molecule has 0 bridgehead atoms. The lowest BCUT2D eigenvalue weighted by atomic mass is 9.47. The Kier molecular flexibility index (Phi) is 4.70. The molecular formula is C24H36O2. The molecule has 0 N–H and O–H groups in total. The van der Waals surface area contributed by atoms with Crippen molar-refractivity contribution in [1.82, 2.24) is 0 Å². The van der Waals surface area contributed by atoms with Crippen molar-refractivity contribution >= 4 is 5.78 Å². The van der Waals surface area contributed by atoms with Gasteiger partial charge in [0.15, 0.2) is 5.78 Å². The Labute approximate surface area is 159 Å². The van der Waals surface area contributed by atoms with Crippen molar-refractivity contribution < 1.29 is 9.53 Å². The predicted octanol–water partition coefficient (Wildman–Crippen LogP) is 5.87. The number of hydrogen-bond acceptors (Lipinski definition) is 2. The summed E-state index contributed by atoms with van der Waals surface area (Å²) in [5.74, 6) is 2.28. The van der Waals surface area contributed by atoms with E-state index in [4.69, 9.17) is 4.74 Å². The van der Waals surface area contributed by atoms with Crippen LogP contribution in [0.3, 0.4) is 0 Å². The van der Waals surface area contributed by atoms with E-state index in [0.29, 0.717) is 29.1 Å². The second kappa shape index (κ2) is 6.62. The second-order valence-corrected chi connectivity index (χ2v) is 9.90. The van der Waals surface area contributed by atoms with Crippen LogP contribution >= 0.6 is 0 Å². The van der Waals surface area contributed by atoms with Gasteiger partial charge in [-0.25, -0.2) is 0 Å². The third-order valence-corrected chi connectivity index (χ3v) is 8.55. The van der Waals surface area contributed by atoms with Crippen LogP contribution in [0.2, 0.25) is 0 Å². The van der Waals surface area contributed by atoms with Crippen LogP contribution in [-0.2, 0) is 9.53 Å². The van der Waals surface area contributed by atoms with Gasteiger partial charge >= 0.3 is 0 Å². The van der Waals surface area contributed by atoms with Gasteiger partial charge in [0, 0.05) is 18.9 Å². The molecule has 6 unspecified atom stereocenters. The molecule has 4 aliphatic rings. The molecule has 2 heteroatoms. The second-order valence-electron chi connectivity index (χ2n) is 9.90. The largest absolute Gasteiger partial charge is 0.378 e. The zero-order valence-corrected chi connectivity index (χ0v) is 17.1. The van der Waals surface area contributed by atoms with E-state index in [1.165, 1.54) is 31.3 Å². The zero-order chi connectivity index (χ0) is 18.5. The van der Waals surface area contributed by atoms with Crippen molar-refractivity contribution in [2.45, 2.75) is 85.2 Å². The monoisotopic (exact) mass is 356 g/mol. The third kappa shape index (κ3) is 2.66. The fourth-order valence-electron chi connectivity index (χ4n) is 6.73. The molecule has 4 rings (SSSR count). The van der Waals surface area contributed by atoms with E-state index in [1.807, 2.05) is 6.08 Å². The SMILES string of the molecule is CCCCOC1CC2(C)C(=CCC2C)C2CCC3=CC(=O)CCC3(C)C12. The van der Waals surface area contributed by atoms with Gasteiger partial charge in [-0.1, -0.05) is 51.3 Å². The summed E-state index contributed by atoms with van der Waals surface area (Å²) >= 11 is 0. The van der Waals surface area contributed by atoms with E-state index >= 15 is 0 Å². The van der Waals surface area contributed by atoms with E-state index in [1.54, 1.807) is 5.57 Å². The van der Waals surface area contributed by atoms with Gasteiger partial charge in [-0.15, -0.1) is 0 Å². The summed E-state index contributed by atoms with van der Waals surface area (Å²) in [4.78, 5) is 12.1. The highest BCUT2D eigenvalue weighted by Crippen LogP contribution is 2.65. The molecule has 0 aliphatic heterocycles. The molecule has 0 radical (unpaired) electrons. The standard InChI is InChI=1S/C24H36O2/c1-5-6-13-26-21-15-24(4)16(2)7-10-20(24)19-9-8-17-14-18(25)11-12-23(17,3)22(19)21/h10,14,16,19,21-22H,5-9,11-13,15H2,1-4H3. The molecule has 0 aromatic rings. The Morgan fingerprint density at radius 3 is 2.81 bits per heavy atom. The zero-order valence-electron chi connectivity index (χ0n) is 17.1. The Bertz CT molecular complexity index is 645. The molecule has 0 amide bonds. The van der Waals surface area contributed by atoms with Crippen molar-refractivity contribution in [3.8, 4) is 0 Å². The minimum atomic E-state index is 0.154. The fourth-order valence-corrected chi connectivity index (χ4v) is 6.73. The molecular weight excluding hydrogens is 320 g/mol. The number of carbonyl (C=O) groups excluding carboxylic acids is 1. The number of unbranched alkanes of at least 4 members (excludes halogenated alkanes) is 1. The van der Waals surface area contributed by atoms with E-state index in [0.717, 1.165) is 38.2 Å². The van der Waals surface area contributed by atoms with Gasteiger partial charge in [0.05, 0.1) is 6.10 Å². The molecule has 0 spiro atoms. The predicted molar refractivity (Wildman–Crippen MR) is 106 cm³/mol. The lowest BCUT2D eigenvalue weighted by Gasteiger charge is -2.59. The molecule has 2 fully saturated rings. The molecule has 26 heavy (non-hydrogen) atoms. The Hall–Kier alpha value is -0.890. The maximum Gasteiger partial charge on any atom is 0.155 e. The van der Waals surface area contributed by atoms with Crippen molar-refractivity contribution in [1.29, 1.82) is 0 Å². The van der Waals surface area contributed by atoms with Crippen LogP contribution in [0.1, 0.15) is 79.1 Å². The van der Waals surface area contributed by atoms with E-state index in [2.05, 4.69) is 33.8 Å². The van der Waals surface area contributed by atoms with E-state index in [9.17, 15) is 4.79 Å². The van der Waals surface area contributed by atoms with Crippen LogP contribution in [0.25, 0.3) is 0 Å². The molecule has 6 atom stereocenters. The molecule has 2 nitrogen and oxygen atoms in total. The number of ether oxygens (including phenoxy) is 1. The summed E-state index contributed by atoms with van der Waals surface area (Å²) in [7, 11) is 0. The van der Waals surface area contributed by atoms with E-state index in [-0.39, 0.29) is 5.41 Å². The van der Waals surface area contributed by atoms with E-state index < -0.39 is 0 Å². The van der Waals surface area contributed by atoms with Crippen LogP contribution < -0.4 is 0 Å². The van der Waals surface area contributed by atoms with Crippen molar-refractivity contribution in [2.75, 3.05) is 6.61 Å². The van der Waals surface area contributed by atoms with Crippen molar-refractivity contribution in [3.63, 3.8) is 0 Å². The molecule has 0 aromatic heterocycles. The quantitative estimate of drug-likeness (QED) is 0.465. The highest BCUT2D eigenvalue weighted by Gasteiger charge is 2.59. The molecule has 4 aliphatic carbocycles. The first kappa shape index (κ1) is 18.5. The van der Waals surface area contributed by atoms with Crippen LogP contribution in [0, 0.1) is 28.6 Å². The van der Waals surface area contributed by atoms with Gasteiger partial charge in [0.1, 0.15) is 0 Å². The third-order valence-electron chi connectivity index (χ3n) is 8.55. The minimum Gasteiger partial charge on any atom is -0.378 e. The average Bonchev–Trinajstić information content (AvgIpc) is 2.90. The first-order valence-corrected chi connectivity index (χ1v) is 11.0. The summed E-state index contributed by atoms with van der Waals surface area (Å²) in [6, 6.07) is 0. The summed E-state index contributed by atoms with van der Waals surface area (Å²) in [6.07, 6.45) is 13.7. The van der Waals surface area contributed by atoms with Crippen LogP contribution in [0.4, 0.5) is 0 Å². The van der Waals surface area contributed by atoms with Crippen molar-refractivity contribution in [3.05, 3.63) is 23.3 Å². The smallest absolute Gasteiger partial charge is 0.155 e. The van der Waals surface area contributed by atoms with Gasteiger partial charge in [-0.05, 0) is 67.3 Å². The Balaban J connectivity index is 1.72. The molecule has 2 saturated carbocycles. The molecule has 0 saturated heterocycles. The number of rotatable bonds is 4. The van der Waals surface area contributed by atoms with Crippen LogP contribution in [0.5, 0.6) is 0 Å². The van der Waals surface area contributed by atoms with Crippen molar-refractivity contribution in [2.24, 2.45) is 28.6 Å². The number of allylic oxidation sites excluding steroid dienone is 4. The Morgan fingerprint density at radius 2 is 2.04 bits per heavy atom. The first-order chi connectivity index (χ1) is 12.4. The van der Waals surface area contributed by atoms with Crippen LogP contribution in [0.15, 0.2) is 23.3 Å². The summed E-state index contributed by atoms with van der Waals surface area (Å²) in [5.41, 5.74) is 3.64. The summed E-state index contributed by atoms with van der Waals surface area (Å²) in [5, 5.41) is 0. The van der Waals surface area contributed by atoms with Gasteiger partial charge < -0.3 is 4.74 Å². The topological polar surface area (TPSA) is 26.3 Å². The maximum atomic E-state index is 12.1. The molecule has 0 aromatic carbocycles. The number of fused-ring (bicyclic) bond motifs is 5. The van der Waals surface area contributed by atoms with Gasteiger partial charge in [0.25, 0.3) is 0 Å². The highest BCUT2D eigenvalue weighted by molar-refractivity contribution is 5.91. The molecule has 144 valence electrons. The highest BCUT2D eigenvalue weighted by atomic mass is 16.5. The fraction of sp³-hybridized carbons (Fsp3) is 0.792. The summed E-state index contributed by atoms with van der Waals surface area (Å²) in [6.45, 7) is 10.5. The number of hydrogen-bond donors (Lipinski definition) is 0. The molecule has 0 heterocycles. The maximum absolute atomic E-state index is 12.1. The first-order valence-electron chi connectivity index (χ1n) is 11.0. The lowest BCUT2D eigenvalue weighted by molar-refractivity contribution is -0.121. The number of carbonyl (C=O) groups is 1. The van der Waals surface area contributed by atoms with Crippen LogP contribution in [-0.4, -0.2) is 18.5 Å².